The molecule has 30 heavy (non-hydrogen) atoms. The fraction of sp³-hybridized carbons (Fsp3) is 0.591. The topological polar surface area (TPSA) is 86.9 Å². The van der Waals surface area contributed by atoms with Crippen molar-refractivity contribution in [2.24, 2.45) is 5.41 Å². The molecule has 1 saturated heterocycles. The molecule has 1 atom stereocenters. The number of amides is 1. The molecule has 0 saturated carbocycles. The number of carbonyl (C=O) groups excluding carboxylic acids is 1. The number of benzene rings is 1. The van der Waals surface area contributed by atoms with E-state index in [0.717, 1.165) is 19.3 Å². The van der Waals surface area contributed by atoms with Gasteiger partial charge in [0.1, 0.15) is 0 Å². The Labute approximate surface area is 177 Å². The molecule has 0 spiro atoms. The molecule has 3 rings (SSSR count). The average molecular weight is 418 g/mol. The van der Waals surface area contributed by atoms with Gasteiger partial charge in [0.05, 0.1) is 27.2 Å². The Bertz CT molecular complexity index is 862. The van der Waals surface area contributed by atoms with Gasteiger partial charge in [-0.05, 0) is 30.4 Å². The molecule has 1 aromatic heterocycles. The van der Waals surface area contributed by atoms with Crippen molar-refractivity contribution in [2.45, 2.75) is 46.0 Å². The van der Waals surface area contributed by atoms with E-state index in [0.29, 0.717) is 47.7 Å². The Balaban J connectivity index is 1.78. The highest BCUT2D eigenvalue weighted by Gasteiger charge is 2.30. The first-order chi connectivity index (χ1) is 14.3. The lowest BCUT2D eigenvalue weighted by Gasteiger charge is -2.31. The first-order valence-electron chi connectivity index (χ1n) is 10.2. The SMILES string of the molecule is COc1cc(C(=O)N2CCC[C@H](c3nnc(CC(C)(C)C)o3)C2)cc(OC)c1OC. The van der Waals surface area contributed by atoms with E-state index in [1.54, 1.807) is 12.1 Å². The number of hydrogen-bond donors (Lipinski definition) is 0. The summed E-state index contributed by atoms with van der Waals surface area (Å²) in [6.07, 6.45) is 2.51. The van der Waals surface area contributed by atoms with E-state index in [4.69, 9.17) is 18.6 Å². The molecule has 1 aliphatic heterocycles. The lowest BCUT2D eigenvalue weighted by atomic mass is 9.92. The quantitative estimate of drug-likeness (QED) is 0.708. The van der Waals surface area contributed by atoms with Crippen molar-refractivity contribution in [1.29, 1.82) is 0 Å². The Kier molecular flexibility index (Phi) is 6.53. The van der Waals surface area contributed by atoms with E-state index >= 15 is 0 Å². The highest BCUT2D eigenvalue weighted by atomic mass is 16.5. The predicted octanol–water partition coefficient (Wildman–Crippen LogP) is 3.70. The van der Waals surface area contributed by atoms with E-state index < -0.39 is 0 Å². The molecule has 1 aromatic carbocycles. The minimum absolute atomic E-state index is 0.0333. The molecule has 1 amide bonds. The van der Waals surface area contributed by atoms with Crippen molar-refractivity contribution in [3.63, 3.8) is 0 Å². The molecule has 1 aliphatic rings. The summed E-state index contributed by atoms with van der Waals surface area (Å²) < 4.78 is 22.0. The molecule has 164 valence electrons. The number of hydrogen-bond acceptors (Lipinski definition) is 7. The molecule has 8 heteroatoms. The van der Waals surface area contributed by atoms with Gasteiger partial charge in [-0.2, -0.15) is 0 Å². The van der Waals surface area contributed by atoms with E-state index in [9.17, 15) is 4.79 Å². The van der Waals surface area contributed by atoms with Crippen molar-refractivity contribution in [1.82, 2.24) is 15.1 Å². The zero-order valence-electron chi connectivity index (χ0n) is 18.7. The summed E-state index contributed by atoms with van der Waals surface area (Å²) in [5.41, 5.74) is 0.564. The van der Waals surface area contributed by atoms with Gasteiger partial charge in [-0.15, -0.1) is 10.2 Å². The number of likely N-dealkylation sites (tertiary alicyclic amines) is 1. The predicted molar refractivity (Wildman–Crippen MR) is 111 cm³/mol. The molecule has 1 fully saturated rings. The lowest BCUT2D eigenvalue weighted by Crippen LogP contribution is -2.39. The van der Waals surface area contributed by atoms with E-state index in [2.05, 4.69) is 31.0 Å². The van der Waals surface area contributed by atoms with Crippen LogP contribution in [0.3, 0.4) is 0 Å². The second-order valence-electron chi connectivity index (χ2n) is 8.78. The number of nitrogens with zero attached hydrogens (tertiary/aromatic N) is 3. The van der Waals surface area contributed by atoms with Crippen LogP contribution in [0.25, 0.3) is 0 Å². The number of ether oxygens (including phenoxy) is 3. The van der Waals surface area contributed by atoms with Gasteiger partial charge in [0.15, 0.2) is 11.5 Å². The molecule has 0 N–H and O–H groups in total. The molecular formula is C22H31N3O5. The van der Waals surface area contributed by atoms with Crippen molar-refractivity contribution < 1.29 is 23.4 Å². The monoisotopic (exact) mass is 417 g/mol. The standard InChI is InChI=1S/C22H31N3O5/c1-22(2,3)12-18-23-24-20(30-18)14-8-7-9-25(13-14)21(26)15-10-16(27-4)19(29-6)17(11-15)28-5/h10-11,14H,7-9,12-13H2,1-6H3/t14-/m0/s1. The highest BCUT2D eigenvalue weighted by molar-refractivity contribution is 5.95. The normalized spacial score (nSPS) is 17.0. The fourth-order valence-corrected chi connectivity index (χ4v) is 3.71. The first-order valence-corrected chi connectivity index (χ1v) is 10.2. The molecular weight excluding hydrogens is 386 g/mol. The van der Waals surface area contributed by atoms with Crippen LogP contribution in [0.15, 0.2) is 16.5 Å². The maximum absolute atomic E-state index is 13.2. The van der Waals surface area contributed by atoms with Crippen LogP contribution in [0.1, 0.15) is 61.7 Å². The first kappa shape index (κ1) is 21.9. The van der Waals surface area contributed by atoms with Crippen LogP contribution in [0, 0.1) is 5.41 Å². The number of carbonyl (C=O) groups is 1. The van der Waals surface area contributed by atoms with E-state index in [1.807, 2.05) is 4.90 Å². The summed E-state index contributed by atoms with van der Waals surface area (Å²) >= 11 is 0. The van der Waals surface area contributed by atoms with Crippen LogP contribution in [-0.4, -0.2) is 55.4 Å². The van der Waals surface area contributed by atoms with Crippen molar-refractivity contribution in [2.75, 3.05) is 34.4 Å². The summed E-state index contributed by atoms with van der Waals surface area (Å²) in [6, 6.07) is 3.36. The van der Waals surface area contributed by atoms with Crippen molar-refractivity contribution >= 4 is 5.91 Å². The van der Waals surface area contributed by atoms with Gasteiger partial charge in [-0.1, -0.05) is 20.8 Å². The van der Waals surface area contributed by atoms with E-state index in [-0.39, 0.29) is 17.2 Å². The van der Waals surface area contributed by atoms with Crippen molar-refractivity contribution in [3.05, 3.63) is 29.5 Å². The maximum atomic E-state index is 13.2. The Morgan fingerprint density at radius 2 is 1.80 bits per heavy atom. The summed E-state index contributed by atoms with van der Waals surface area (Å²) in [6.45, 7) is 7.61. The molecule has 0 unspecified atom stereocenters. The van der Waals surface area contributed by atoms with Gasteiger partial charge in [-0.3, -0.25) is 4.79 Å². The van der Waals surface area contributed by atoms with Crippen LogP contribution in [0.2, 0.25) is 0 Å². The number of rotatable bonds is 6. The zero-order valence-corrected chi connectivity index (χ0v) is 18.7. The van der Waals surface area contributed by atoms with Gasteiger partial charge in [0.25, 0.3) is 5.91 Å². The maximum Gasteiger partial charge on any atom is 0.254 e. The zero-order chi connectivity index (χ0) is 21.9. The second-order valence-corrected chi connectivity index (χ2v) is 8.78. The minimum Gasteiger partial charge on any atom is -0.493 e. The Morgan fingerprint density at radius 1 is 1.13 bits per heavy atom. The molecule has 0 radical (unpaired) electrons. The van der Waals surface area contributed by atoms with Gasteiger partial charge < -0.3 is 23.5 Å². The molecule has 2 heterocycles. The van der Waals surface area contributed by atoms with Crippen LogP contribution in [0.5, 0.6) is 17.2 Å². The van der Waals surface area contributed by atoms with Crippen LogP contribution >= 0.6 is 0 Å². The Morgan fingerprint density at radius 3 is 2.37 bits per heavy atom. The third kappa shape index (κ3) is 4.86. The summed E-state index contributed by atoms with van der Waals surface area (Å²) in [5, 5.41) is 8.46. The van der Waals surface area contributed by atoms with Gasteiger partial charge in [0.2, 0.25) is 17.5 Å². The smallest absolute Gasteiger partial charge is 0.254 e. The number of piperidine rings is 1. The van der Waals surface area contributed by atoms with Gasteiger partial charge in [-0.25, -0.2) is 0 Å². The van der Waals surface area contributed by atoms with Crippen LogP contribution in [0.4, 0.5) is 0 Å². The molecule has 0 aliphatic carbocycles. The third-order valence-corrected chi connectivity index (χ3v) is 5.13. The minimum atomic E-state index is -0.0895. The summed E-state index contributed by atoms with van der Waals surface area (Å²) in [5.74, 6) is 2.57. The fourth-order valence-electron chi connectivity index (χ4n) is 3.71. The highest BCUT2D eigenvalue weighted by Crippen LogP contribution is 2.39. The summed E-state index contributed by atoms with van der Waals surface area (Å²) in [4.78, 5) is 15.0. The van der Waals surface area contributed by atoms with Gasteiger partial charge in [0, 0.05) is 25.1 Å². The largest absolute Gasteiger partial charge is 0.493 e. The summed E-state index contributed by atoms with van der Waals surface area (Å²) in [7, 11) is 4.61. The van der Waals surface area contributed by atoms with E-state index in [1.165, 1.54) is 21.3 Å². The average Bonchev–Trinajstić information content (AvgIpc) is 3.18. The Hall–Kier alpha value is -2.77. The second kappa shape index (κ2) is 8.93. The number of methoxy groups -OCH3 is 3. The molecule has 0 bridgehead atoms. The third-order valence-electron chi connectivity index (χ3n) is 5.13. The van der Waals surface area contributed by atoms with Crippen LogP contribution < -0.4 is 14.2 Å². The lowest BCUT2D eigenvalue weighted by molar-refractivity contribution is 0.0697. The molecule has 2 aromatic rings. The van der Waals surface area contributed by atoms with Gasteiger partial charge >= 0.3 is 0 Å². The van der Waals surface area contributed by atoms with Crippen LogP contribution in [-0.2, 0) is 6.42 Å². The van der Waals surface area contributed by atoms with Crippen molar-refractivity contribution in [3.8, 4) is 17.2 Å². The molecule has 8 nitrogen and oxygen atoms in total. The number of aromatic nitrogens is 2.